The number of carbonyl (C=O) groups is 9. The predicted octanol–water partition coefficient (Wildman–Crippen LogP) is 10.4. The van der Waals surface area contributed by atoms with E-state index in [-0.39, 0.29) is 59.5 Å². The standard InChI is InChI=1S/C84H103N3O20/c1-47(31-38-62(90)54-33-34-54)60-36-37-61-53(29-21-41-81(60,61)9)32-35-58-42-59(43-63(91)49(58)3)103-68(93)30-20-22-48(2)86-87-67(92)39-40-69(94)105-65-44-66-83(46-101-66,107-52(6)89)74-76(106-78(98)57-27-18-13-19-28-57)84(100)45-64(50(4)70(80(84,7)8)73(102-51(5)88)75(96)82(65,74)10)104-79(99)72(95)71(55-23-14-11-15-24-55)85-77(97)56-25-16-12-17-26-56/h11-19,23-28,31-32,35,38,47,54,59-66,71-74,76,90-91,95,100H,3,20-22,29-30,33-34,36-37,39-46H2,1-2,4-10H3,(H,85,97)(H,87,92)/b38-31+,53-32+,58-35-,86-48+/t47-,59+,60?,61?,62?,63-,64?,65?,66?,71?,72?,73?,74?,76?,81+,82?,83?,84?/m0/s1. The van der Waals surface area contributed by atoms with Gasteiger partial charge in [0.1, 0.15) is 36.1 Å². The lowest BCUT2D eigenvalue weighted by atomic mass is 9.44. The van der Waals surface area contributed by atoms with Crippen LogP contribution in [0.25, 0.3) is 0 Å². The predicted molar refractivity (Wildman–Crippen MR) is 392 cm³/mol. The summed E-state index contributed by atoms with van der Waals surface area (Å²) < 4.78 is 43.6. The Morgan fingerprint density at radius 2 is 1.43 bits per heavy atom. The summed E-state index contributed by atoms with van der Waals surface area (Å²) in [5.74, 6) is -8.00. The second-order valence-electron chi connectivity index (χ2n) is 31.7. The largest absolute Gasteiger partial charge is 0.462 e. The second kappa shape index (κ2) is 32.6. The first kappa shape index (κ1) is 79.3. The maximum absolute atomic E-state index is 16.5. The Bertz CT molecular complexity index is 4050. The van der Waals surface area contributed by atoms with Crippen LogP contribution in [0.3, 0.4) is 0 Å². The fraction of sp³-hybridized carbons (Fsp3) is 0.548. The highest BCUT2D eigenvalue weighted by Crippen LogP contribution is 2.66. The molecule has 1 aliphatic heterocycles. The summed E-state index contributed by atoms with van der Waals surface area (Å²) >= 11 is 0. The number of esters is 6. The molecule has 3 aromatic carbocycles. The summed E-state index contributed by atoms with van der Waals surface area (Å²) in [4.78, 5) is 128. The van der Waals surface area contributed by atoms with Crippen LogP contribution in [0, 0.1) is 45.8 Å². The van der Waals surface area contributed by atoms with Gasteiger partial charge in [-0.3, -0.25) is 33.6 Å². The van der Waals surface area contributed by atoms with Crippen LogP contribution in [0.15, 0.2) is 155 Å². The smallest absolute Gasteiger partial charge is 0.338 e. The topological polar surface area (TPSA) is 336 Å². The van der Waals surface area contributed by atoms with E-state index >= 15 is 4.79 Å². The summed E-state index contributed by atoms with van der Waals surface area (Å²) in [7, 11) is 0. The molecule has 0 spiro atoms. The Morgan fingerprint density at radius 3 is 2.07 bits per heavy atom. The summed E-state index contributed by atoms with van der Waals surface area (Å²) in [5.41, 5.74) is -2.24. The number of fused-ring (bicyclic) bond motifs is 6. The van der Waals surface area contributed by atoms with Crippen molar-refractivity contribution in [2.45, 2.75) is 237 Å². The number of aliphatic hydroxyl groups is 4. The van der Waals surface area contributed by atoms with Gasteiger partial charge in [0.2, 0.25) is 5.91 Å². The summed E-state index contributed by atoms with van der Waals surface area (Å²) in [6, 6.07) is 22.5. The van der Waals surface area contributed by atoms with Crippen molar-refractivity contribution in [2.75, 3.05) is 6.61 Å². The molecule has 1 saturated heterocycles. The van der Waals surface area contributed by atoms with Crippen molar-refractivity contribution >= 4 is 59.1 Å². The van der Waals surface area contributed by atoms with E-state index in [9.17, 15) is 58.8 Å². The molecule has 0 aromatic heterocycles. The van der Waals surface area contributed by atoms with Crippen molar-refractivity contribution in [3.05, 3.63) is 166 Å². The number of allylic oxidation sites excluding steroid dienone is 4. The molecule has 6 saturated carbocycles. The van der Waals surface area contributed by atoms with Crippen LogP contribution in [-0.4, -0.2) is 152 Å². The van der Waals surface area contributed by atoms with E-state index in [0.29, 0.717) is 53.4 Å². The van der Waals surface area contributed by atoms with Gasteiger partial charge in [0, 0.05) is 69.1 Å². The lowest BCUT2D eigenvalue weighted by Gasteiger charge is -2.67. The minimum Gasteiger partial charge on any atom is -0.462 e. The van der Waals surface area contributed by atoms with Crippen LogP contribution < -0.4 is 10.7 Å². The van der Waals surface area contributed by atoms with Crippen molar-refractivity contribution in [1.29, 1.82) is 0 Å². The zero-order valence-corrected chi connectivity index (χ0v) is 62.6. The third kappa shape index (κ3) is 16.5. The maximum Gasteiger partial charge on any atom is 0.338 e. The Kier molecular flexibility index (Phi) is 24.2. The van der Waals surface area contributed by atoms with Gasteiger partial charge in [-0.15, -0.1) is 0 Å². The molecule has 7 fully saturated rings. The van der Waals surface area contributed by atoms with E-state index in [1.807, 2.05) is 6.08 Å². The van der Waals surface area contributed by atoms with E-state index in [4.69, 9.17) is 33.2 Å². The average Bonchev–Trinajstić information content (AvgIpc) is 1.43. The quantitative estimate of drug-likeness (QED) is 0.0151. The lowest BCUT2D eigenvalue weighted by Crippen LogP contribution is -2.82. The highest BCUT2D eigenvalue weighted by Gasteiger charge is 2.79. The van der Waals surface area contributed by atoms with Gasteiger partial charge in [-0.05, 0) is 160 Å². The minimum absolute atomic E-state index is 0.0132. The van der Waals surface area contributed by atoms with Crippen molar-refractivity contribution in [2.24, 2.45) is 50.9 Å². The zero-order chi connectivity index (χ0) is 77.1. The van der Waals surface area contributed by atoms with Crippen molar-refractivity contribution in [1.82, 2.24) is 10.7 Å². The third-order valence-electron chi connectivity index (χ3n) is 24.5. The van der Waals surface area contributed by atoms with Crippen LogP contribution in [0.5, 0.6) is 0 Å². The van der Waals surface area contributed by atoms with E-state index in [2.05, 4.69) is 54.5 Å². The fourth-order valence-electron chi connectivity index (χ4n) is 18.5. The van der Waals surface area contributed by atoms with E-state index in [1.54, 1.807) is 85.8 Å². The molecule has 23 nitrogen and oxygen atoms in total. The van der Waals surface area contributed by atoms with Gasteiger partial charge in [-0.2, -0.15) is 5.10 Å². The molecule has 574 valence electrons. The molecular weight excluding hydrogens is 1370 g/mol. The van der Waals surface area contributed by atoms with Crippen LogP contribution in [0.1, 0.15) is 197 Å². The molecular formula is C84H103N3O20. The molecule has 18 atom stereocenters. The average molecular weight is 1470 g/mol. The number of nitrogens with zero attached hydrogens (tertiary/aromatic N) is 1. The number of nitrogens with one attached hydrogen (secondary N) is 2. The monoisotopic (exact) mass is 1470 g/mol. The number of carbonyl (C=O) groups excluding carboxylic acids is 9. The lowest BCUT2D eigenvalue weighted by molar-refractivity contribution is -0.346. The zero-order valence-electron chi connectivity index (χ0n) is 62.6. The van der Waals surface area contributed by atoms with E-state index in [0.717, 1.165) is 64.4 Å². The number of benzene rings is 3. The van der Waals surface area contributed by atoms with Gasteiger partial charge in [0.15, 0.2) is 23.6 Å². The maximum atomic E-state index is 16.5. The van der Waals surface area contributed by atoms with Gasteiger partial charge in [0.05, 0.1) is 48.2 Å². The number of amides is 2. The molecule has 14 unspecified atom stereocenters. The Balaban J connectivity index is 0.778. The molecule has 7 aliphatic carbocycles. The molecule has 0 radical (unpaired) electrons. The van der Waals surface area contributed by atoms with Gasteiger partial charge in [-0.25, -0.2) is 15.0 Å². The van der Waals surface area contributed by atoms with Crippen molar-refractivity contribution in [3.63, 3.8) is 0 Å². The summed E-state index contributed by atoms with van der Waals surface area (Å²) in [5, 5.41) is 54.9. The first-order chi connectivity index (χ1) is 50.8. The summed E-state index contributed by atoms with van der Waals surface area (Å²) in [6.07, 6.45) is 2.93. The molecule has 1 heterocycles. The molecule has 23 heteroatoms. The molecule has 11 rings (SSSR count). The number of ketones is 1. The fourth-order valence-corrected chi connectivity index (χ4v) is 18.5. The highest BCUT2D eigenvalue weighted by molar-refractivity contribution is 5.97. The highest BCUT2D eigenvalue weighted by atomic mass is 16.6. The van der Waals surface area contributed by atoms with Crippen LogP contribution >= 0.6 is 0 Å². The number of rotatable bonds is 25. The molecule has 2 bridgehead atoms. The van der Waals surface area contributed by atoms with Crippen molar-refractivity contribution < 1.29 is 96.7 Å². The number of Topliss-reactive ketones (excluding diaryl/α,β-unsaturated/α-hetero) is 1. The van der Waals surface area contributed by atoms with Gasteiger partial charge < -0.3 is 58.9 Å². The Morgan fingerprint density at radius 1 is 0.766 bits per heavy atom. The molecule has 6 N–H and O–H groups in total. The van der Waals surface area contributed by atoms with Crippen LogP contribution in [-0.2, 0) is 66.7 Å². The first-order valence-electron chi connectivity index (χ1n) is 37.7. The number of hydrazone groups is 1. The minimum atomic E-state index is -2.57. The molecule has 8 aliphatic rings. The molecule has 3 aromatic rings. The van der Waals surface area contributed by atoms with Crippen LogP contribution in [0.2, 0.25) is 0 Å². The van der Waals surface area contributed by atoms with Crippen molar-refractivity contribution in [3.8, 4) is 0 Å². The van der Waals surface area contributed by atoms with Gasteiger partial charge >= 0.3 is 35.8 Å². The third-order valence-corrected chi connectivity index (χ3v) is 24.5. The molecule has 2 amide bonds. The Hall–Kier alpha value is -8.74. The first-order valence-corrected chi connectivity index (χ1v) is 37.7. The number of aliphatic hydroxyl groups excluding tert-OH is 3. The van der Waals surface area contributed by atoms with Gasteiger partial charge in [0.25, 0.3) is 5.91 Å². The van der Waals surface area contributed by atoms with E-state index in [1.165, 1.54) is 45.4 Å². The second-order valence-corrected chi connectivity index (χ2v) is 31.7. The number of hydrogen-bond acceptors (Lipinski definition) is 21. The molecule has 107 heavy (non-hydrogen) atoms. The SMILES string of the molecule is C=C1/C(=C\C=C2/CCC[C@@]3(C)C2CCC3[C@@H](C)/C=C/C(O)C2CC2)C[C@@H](OC(=O)CCC/C(C)=N/NC(=O)CCC(=O)OC2CC3OCC3(OC(C)=O)C3C(OC(=O)c4ccccc4)C4(O)CC(OC(=O)C(O)C(NC(=O)c5ccccc5)c5ccccc5)C(C)=C(C(OC(C)=O)C(=O)C23C)C4(C)C)C[C@@H]1O. The Labute approximate surface area is 625 Å². The number of hydrogen-bond donors (Lipinski definition) is 6. The van der Waals surface area contributed by atoms with Crippen LogP contribution in [0.4, 0.5) is 0 Å². The van der Waals surface area contributed by atoms with Gasteiger partial charge in [-0.1, -0.05) is 131 Å². The summed E-state index contributed by atoms with van der Waals surface area (Å²) in [6.45, 7) is 18.2. The number of ether oxygens (including phenoxy) is 7. The normalized spacial score (nSPS) is 32.1. The van der Waals surface area contributed by atoms with E-state index < -0.39 is 162 Å².